The number of amides is 2. The predicted octanol–water partition coefficient (Wildman–Crippen LogP) is 4.52. The smallest absolute Gasteiger partial charge is 0.238 e. The number of nitrogens with zero attached hydrogens (tertiary/aromatic N) is 2. The lowest BCUT2D eigenvalue weighted by molar-refractivity contribution is -0.123. The first-order valence-electron chi connectivity index (χ1n) is 14.2. The van der Waals surface area contributed by atoms with Crippen LogP contribution in [0.5, 0.6) is 5.75 Å². The second-order valence-corrected chi connectivity index (χ2v) is 12.0. The molecule has 214 valence electrons. The number of Topliss-reactive ketones (excluding diaryl/α,β-unsaturated/α-hetero) is 1. The van der Waals surface area contributed by atoms with Gasteiger partial charge in [0.2, 0.25) is 11.8 Å². The maximum Gasteiger partial charge on any atom is 0.238 e. The number of morpholine rings is 1. The van der Waals surface area contributed by atoms with Crippen molar-refractivity contribution in [2.24, 2.45) is 17.8 Å². The zero-order chi connectivity index (χ0) is 29.3. The van der Waals surface area contributed by atoms with Gasteiger partial charge in [-0.15, -0.1) is 0 Å². The van der Waals surface area contributed by atoms with E-state index in [0.717, 1.165) is 24.4 Å². The summed E-state index contributed by atoms with van der Waals surface area (Å²) in [5.74, 6) is -3.37. The Morgan fingerprint density at radius 1 is 0.929 bits per heavy atom. The number of ether oxygens (including phenoxy) is 1. The summed E-state index contributed by atoms with van der Waals surface area (Å²) in [5, 5.41) is 10.3. The van der Waals surface area contributed by atoms with Gasteiger partial charge < -0.3 is 14.7 Å². The molecule has 7 rings (SSSR count). The van der Waals surface area contributed by atoms with Crippen molar-refractivity contribution in [2.75, 3.05) is 36.1 Å². The zero-order valence-electron chi connectivity index (χ0n) is 23.0. The molecule has 0 radical (unpaired) electrons. The molecule has 2 fully saturated rings. The second kappa shape index (κ2) is 10.1. The van der Waals surface area contributed by atoms with Gasteiger partial charge in [0.25, 0.3) is 0 Å². The lowest BCUT2D eigenvalue weighted by Gasteiger charge is -2.42. The van der Waals surface area contributed by atoms with Crippen LogP contribution in [0.3, 0.4) is 0 Å². The number of anilines is 2. The maximum atomic E-state index is 14.1. The van der Waals surface area contributed by atoms with Crippen LogP contribution in [-0.2, 0) is 23.9 Å². The predicted molar refractivity (Wildman–Crippen MR) is 156 cm³/mol. The van der Waals surface area contributed by atoms with Gasteiger partial charge in [-0.3, -0.25) is 24.1 Å². The van der Waals surface area contributed by atoms with Crippen molar-refractivity contribution in [1.82, 2.24) is 0 Å². The van der Waals surface area contributed by atoms with Crippen LogP contribution in [-0.4, -0.2) is 54.8 Å². The van der Waals surface area contributed by atoms with E-state index in [1.807, 2.05) is 30.3 Å². The molecule has 2 heterocycles. The molecule has 0 saturated carbocycles. The van der Waals surface area contributed by atoms with Crippen molar-refractivity contribution in [3.8, 4) is 5.75 Å². The first-order chi connectivity index (χ1) is 20.2. The molecule has 2 aromatic rings. The average molecular weight is 585 g/mol. The molecule has 2 amide bonds. The minimum Gasteiger partial charge on any atom is -0.508 e. The number of carbonyl (C=O) groups excluding carboxylic acids is 4. The van der Waals surface area contributed by atoms with E-state index >= 15 is 0 Å². The molecule has 0 bridgehead atoms. The number of halogens is 1. The number of phenolic OH excluding ortho intramolecular Hbond substituents is 1. The molecule has 0 spiro atoms. The number of rotatable bonds is 3. The Morgan fingerprint density at radius 2 is 1.64 bits per heavy atom. The highest BCUT2D eigenvalue weighted by Crippen LogP contribution is 2.56. The molecular formula is C33H29ClN2O6. The molecule has 2 saturated heterocycles. The Balaban J connectivity index is 1.27. The number of hydrogen-bond donors (Lipinski definition) is 1. The van der Waals surface area contributed by atoms with Crippen molar-refractivity contribution >= 4 is 46.4 Å². The maximum absolute atomic E-state index is 14.1. The summed E-state index contributed by atoms with van der Waals surface area (Å²) in [4.78, 5) is 58.2. The molecule has 0 unspecified atom stereocenters. The van der Waals surface area contributed by atoms with E-state index in [1.54, 1.807) is 13.0 Å². The van der Waals surface area contributed by atoms with Gasteiger partial charge in [-0.2, -0.15) is 0 Å². The van der Waals surface area contributed by atoms with Crippen molar-refractivity contribution in [1.29, 1.82) is 0 Å². The number of imide groups is 1. The van der Waals surface area contributed by atoms with Crippen LogP contribution in [0.15, 0.2) is 76.9 Å². The number of hydrogen-bond acceptors (Lipinski definition) is 7. The summed E-state index contributed by atoms with van der Waals surface area (Å²) in [5.41, 5.74) is 4.03. The molecule has 1 N–H and O–H groups in total. The number of aromatic hydroxyl groups is 1. The third kappa shape index (κ3) is 4.07. The Kier molecular flexibility index (Phi) is 6.44. The first kappa shape index (κ1) is 26.9. The topological polar surface area (TPSA) is 104 Å². The van der Waals surface area contributed by atoms with Crippen molar-refractivity contribution in [2.45, 2.75) is 25.7 Å². The fraction of sp³-hybridized carbons (Fsp3) is 0.333. The van der Waals surface area contributed by atoms with E-state index in [1.165, 1.54) is 23.1 Å². The van der Waals surface area contributed by atoms with Crippen LogP contribution in [0, 0.1) is 17.8 Å². The fourth-order valence-electron chi connectivity index (χ4n) is 7.36. The molecule has 2 aliphatic heterocycles. The van der Waals surface area contributed by atoms with Crippen LogP contribution in [0.25, 0.3) is 0 Å². The van der Waals surface area contributed by atoms with Crippen LogP contribution in [0.4, 0.5) is 11.4 Å². The van der Waals surface area contributed by atoms with E-state index in [9.17, 15) is 24.3 Å². The van der Waals surface area contributed by atoms with Crippen LogP contribution in [0.1, 0.15) is 31.2 Å². The quantitative estimate of drug-likeness (QED) is 0.321. The average Bonchev–Trinajstić information content (AvgIpc) is 3.25. The number of carbonyl (C=O) groups is 4. The van der Waals surface area contributed by atoms with Gasteiger partial charge in [0, 0.05) is 46.4 Å². The summed E-state index contributed by atoms with van der Waals surface area (Å²) in [6.45, 7) is 4.49. The second-order valence-electron chi connectivity index (χ2n) is 11.6. The summed E-state index contributed by atoms with van der Waals surface area (Å²) in [7, 11) is 0. The first-order valence-corrected chi connectivity index (χ1v) is 14.6. The number of phenols is 1. The number of fused-ring (bicyclic) bond motifs is 3. The highest BCUT2D eigenvalue weighted by molar-refractivity contribution is 6.32. The van der Waals surface area contributed by atoms with Gasteiger partial charge >= 0.3 is 0 Å². The van der Waals surface area contributed by atoms with Crippen molar-refractivity contribution < 1.29 is 29.0 Å². The van der Waals surface area contributed by atoms with E-state index in [0.29, 0.717) is 47.6 Å². The molecule has 42 heavy (non-hydrogen) atoms. The number of ketones is 2. The fourth-order valence-corrected chi connectivity index (χ4v) is 7.64. The highest BCUT2D eigenvalue weighted by Gasteiger charge is 2.56. The van der Waals surface area contributed by atoms with E-state index in [4.69, 9.17) is 16.3 Å². The van der Waals surface area contributed by atoms with Gasteiger partial charge in [-0.1, -0.05) is 29.3 Å². The molecular weight excluding hydrogens is 556 g/mol. The Labute approximate surface area is 247 Å². The third-order valence-corrected chi connectivity index (χ3v) is 9.67. The number of benzene rings is 2. The van der Waals surface area contributed by atoms with Crippen LogP contribution in [0.2, 0.25) is 5.02 Å². The molecule has 8 nitrogen and oxygen atoms in total. The molecule has 5 aliphatic rings. The minimum absolute atomic E-state index is 0.0167. The molecule has 9 heteroatoms. The van der Waals surface area contributed by atoms with E-state index in [2.05, 4.69) is 4.90 Å². The highest BCUT2D eigenvalue weighted by atomic mass is 35.5. The molecule has 0 aromatic heterocycles. The summed E-state index contributed by atoms with van der Waals surface area (Å²) < 4.78 is 5.44. The Morgan fingerprint density at radius 3 is 2.36 bits per heavy atom. The van der Waals surface area contributed by atoms with E-state index in [-0.39, 0.29) is 40.6 Å². The Bertz CT molecular complexity index is 1650. The third-order valence-electron chi connectivity index (χ3n) is 9.34. The van der Waals surface area contributed by atoms with Crippen molar-refractivity contribution in [3.05, 3.63) is 87.5 Å². The van der Waals surface area contributed by atoms with E-state index < -0.39 is 23.7 Å². The van der Waals surface area contributed by atoms with Crippen molar-refractivity contribution in [3.63, 3.8) is 0 Å². The normalized spacial score (nSPS) is 27.5. The number of allylic oxidation sites excluding steroid dienone is 6. The minimum atomic E-state index is -0.668. The Hall–Kier alpha value is -4.01. The van der Waals surface area contributed by atoms with Gasteiger partial charge in [-0.05, 0) is 73.7 Å². The van der Waals surface area contributed by atoms with Crippen LogP contribution >= 0.6 is 11.6 Å². The lowest BCUT2D eigenvalue weighted by Crippen LogP contribution is -2.40. The summed E-state index contributed by atoms with van der Waals surface area (Å²) in [6, 6.07) is 12.0. The van der Waals surface area contributed by atoms with Gasteiger partial charge in [-0.25, -0.2) is 0 Å². The van der Waals surface area contributed by atoms with Gasteiger partial charge in [0.15, 0.2) is 11.6 Å². The zero-order valence-corrected chi connectivity index (χ0v) is 23.8. The lowest BCUT2D eigenvalue weighted by atomic mass is 9.59. The van der Waals surface area contributed by atoms with Gasteiger partial charge in [0.05, 0.1) is 30.7 Å². The van der Waals surface area contributed by atoms with Crippen LogP contribution < -0.4 is 9.80 Å². The standard InChI is InChI=1S/C33H29ClN2O6/c1-17-14-27(38)25-16-24-21(28(30(25)31(17)39)22-7-6-20(37)15-26(22)34)8-9-23-29(24)33(41)36(32(23)40)19-4-2-18(3-5-19)35-10-12-42-13-11-35/h2-8,14-15,23-24,28-29,37H,9-13,16H2,1H3/t23-,24+,28+,29-/m0/s1. The summed E-state index contributed by atoms with van der Waals surface area (Å²) in [6.07, 6.45) is 3.86. The summed E-state index contributed by atoms with van der Waals surface area (Å²) >= 11 is 6.62. The monoisotopic (exact) mass is 584 g/mol. The molecule has 2 aromatic carbocycles. The van der Waals surface area contributed by atoms with Gasteiger partial charge in [0.1, 0.15) is 5.75 Å². The SMILES string of the molecule is CC1=CC(=O)C2=C(C1=O)[C@@H](c1ccc(O)cc1Cl)C1=CC[C@@H]3C(=O)N(c4ccc(N5CCOCC5)cc4)C(=O)[C@@H]3[C@@H]1C2. The molecule has 3 aliphatic carbocycles. The largest absolute Gasteiger partial charge is 0.508 e. The molecule has 4 atom stereocenters.